The van der Waals surface area contributed by atoms with E-state index in [-0.39, 0.29) is 6.17 Å². The van der Waals surface area contributed by atoms with Gasteiger partial charge in [0.15, 0.2) is 5.84 Å². The average Bonchev–Trinajstić information content (AvgIpc) is 3.69. The number of aliphatic imine (C=N–C) groups is 2. The number of hydrogen-bond acceptors (Lipinski definition) is 4. The Morgan fingerprint density at radius 2 is 1.13 bits per heavy atom. The van der Waals surface area contributed by atoms with Crippen LogP contribution in [0.25, 0.3) is 64.3 Å². The minimum atomic E-state index is -0.256. The summed E-state index contributed by atoms with van der Waals surface area (Å²) in [4.78, 5) is 10.0. The topological polar surface area (TPSA) is 36.8 Å². The molecule has 1 aliphatic carbocycles. The molecule has 8 aromatic rings. The number of nitrogens with zero attached hydrogens (tertiary/aromatic N) is 2. The van der Waals surface area contributed by atoms with Crippen molar-refractivity contribution in [2.24, 2.45) is 9.98 Å². The number of fused-ring (bicyclic) bond motifs is 7. The lowest BCUT2D eigenvalue weighted by atomic mass is 9.94. The Hall–Kier alpha value is -5.84. The first kappa shape index (κ1) is 26.4. The van der Waals surface area contributed by atoms with Gasteiger partial charge < -0.3 is 5.32 Å². The Kier molecular flexibility index (Phi) is 5.81. The minimum absolute atomic E-state index is 0.256. The molecule has 0 radical (unpaired) electrons. The summed E-state index contributed by atoms with van der Waals surface area (Å²) in [7, 11) is 0. The van der Waals surface area contributed by atoms with Gasteiger partial charge in [-0.05, 0) is 61.8 Å². The molecule has 0 saturated carbocycles. The van der Waals surface area contributed by atoms with Crippen LogP contribution in [0.4, 0.5) is 0 Å². The molecule has 3 nitrogen and oxygen atoms in total. The van der Waals surface area contributed by atoms with E-state index >= 15 is 0 Å². The summed E-state index contributed by atoms with van der Waals surface area (Å²) >= 11 is 1.89. The first-order valence-electron chi connectivity index (χ1n) is 16.0. The van der Waals surface area contributed by atoms with Crippen molar-refractivity contribution in [3.63, 3.8) is 0 Å². The molecule has 1 aromatic heterocycles. The Morgan fingerprint density at radius 1 is 0.468 bits per heavy atom. The van der Waals surface area contributed by atoms with E-state index in [0.29, 0.717) is 0 Å². The predicted molar refractivity (Wildman–Crippen MR) is 199 cm³/mol. The van der Waals surface area contributed by atoms with Gasteiger partial charge in [-0.2, -0.15) is 0 Å². The second-order valence-corrected chi connectivity index (χ2v) is 13.2. The smallest absolute Gasteiger partial charge is 0.159 e. The number of amidine groups is 2. The Labute approximate surface area is 276 Å². The lowest BCUT2D eigenvalue weighted by Gasteiger charge is -2.24. The van der Waals surface area contributed by atoms with Crippen LogP contribution in [0.15, 0.2) is 162 Å². The van der Waals surface area contributed by atoms with Gasteiger partial charge in [-0.25, -0.2) is 9.98 Å². The SMILES string of the molecule is c1ccc(C2=NC(c3ccc(-c4cccc5sc6cc7c8c(cccc8c6c45)-c4ccccc4-7)cc3)NC(c3ccccc3)=N2)cc1. The van der Waals surface area contributed by atoms with Crippen molar-refractivity contribution >= 4 is 54.0 Å². The highest BCUT2D eigenvalue weighted by molar-refractivity contribution is 7.26. The van der Waals surface area contributed by atoms with Crippen LogP contribution < -0.4 is 5.32 Å². The van der Waals surface area contributed by atoms with E-state index in [2.05, 4.69) is 121 Å². The van der Waals surface area contributed by atoms with Crippen LogP contribution in [-0.4, -0.2) is 11.7 Å². The third kappa shape index (κ3) is 4.12. The van der Waals surface area contributed by atoms with Gasteiger partial charge in [0.25, 0.3) is 0 Å². The summed E-state index contributed by atoms with van der Waals surface area (Å²) in [5, 5.41) is 9.00. The van der Waals surface area contributed by atoms with E-state index in [1.54, 1.807) is 0 Å². The molecule has 1 unspecified atom stereocenters. The van der Waals surface area contributed by atoms with Crippen molar-refractivity contribution < 1.29 is 0 Å². The second kappa shape index (κ2) is 10.3. The van der Waals surface area contributed by atoms with E-state index in [0.717, 1.165) is 28.4 Å². The van der Waals surface area contributed by atoms with Gasteiger partial charge in [-0.15, -0.1) is 11.3 Å². The molecule has 7 aromatic carbocycles. The molecule has 1 aliphatic heterocycles. The van der Waals surface area contributed by atoms with Crippen molar-refractivity contribution in [1.82, 2.24) is 5.32 Å². The summed E-state index contributed by atoms with van der Waals surface area (Å²) in [5.41, 5.74) is 11.0. The van der Waals surface area contributed by atoms with Gasteiger partial charge in [0.05, 0.1) is 0 Å². The lowest BCUT2D eigenvalue weighted by molar-refractivity contribution is 0.674. The normalized spacial score (nSPS) is 15.0. The van der Waals surface area contributed by atoms with Gasteiger partial charge in [0.1, 0.15) is 12.0 Å². The van der Waals surface area contributed by atoms with Gasteiger partial charge >= 0.3 is 0 Å². The number of benzene rings is 7. The number of hydrogen-bond donors (Lipinski definition) is 1. The molecule has 2 heterocycles. The molecule has 0 amide bonds. The fourth-order valence-electron chi connectivity index (χ4n) is 7.34. The number of rotatable bonds is 4. The number of nitrogens with one attached hydrogen (secondary N) is 1. The molecule has 2 aliphatic rings. The fourth-order valence-corrected chi connectivity index (χ4v) is 8.53. The summed E-state index contributed by atoms with van der Waals surface area (Å²) in [6.07, 6.45) is -0.256. The Balaban J connectivity index is 1.09. The highest BCUT2D eigenvalue weighted by Crippen LogP contribution is 2.52. The van der Waals surface area contributed by atoms with Crippen LogP contribution in [0, 0.1) is 0 Å². The van der Waals surface area contributed by atoms with Gasteiger partial charge in [0, 0.05) is 31.3 Å². The second-order valence-electron chi connectivity index (χ2n) is 12.2. The lowest BCUT2D eigenvalue weighted by Crippen LogP contribution is -2.33. The van der Waals surface area contributed by atoms with E-state index in [1.807, 2.05) is 47.7 Å². The molecule has 4 heteroatoms. The molecule has 47 heavy (non-hydrogen) atoms. The quantitative estimate of drug-likeness (QED) is 0.210. The van der Waals surface area contributed by atoms with Crippen LogP contribution >= 0.6 is 11.3 Å². The van der Waals surface area contributed by atoms with Crippen LogP contribution in [0.5, 0.6) is 0 Å². The first-order valence-corrected chi connectivity index (χ1v) is 16.8. The largest absolute Gasteiger partial charge is 0.344 e. The van der Waals surface area contributed by atoms with Gasteiger partial charge in [-0.1, -0.05) is 140 Å². The monoisotopic (exact) mass is 617 g/mol. The highest BCUT2D eigenvalue weighted by Gasteiger charge is 2.25. The summed E-state index contributed by atoms with van der Waals surface area (Å²) in [5.74, 6) is 1.56. The molecule has 0 spiro atoms. The van der Waals surface area contributed by atoms with Crippen LogP contribution in [0.3, 0.4) is 0 Å². The standard InChI is InChI=1S/C43H27N3S/c1-3-11-27(12-4-1)41-44-42(28-13-5-2-6-14-28)46-43(45-41)29-23-21-26(22-24-29)30-17-10-20-36-39(30)40-34-19-9-18-33-31-15-7-8-16-32(31)35(38(33)34)25-37(40)47-36/h1-25,43H,(H,44,45,46). The van der Waals surface area contributed by atoms with Crippen molar-refractivity contribution in [3.8, 4) is 33.4 Å². The molecule has 220 valence electrons. The molecule has 0 fully saturated rings. The zero-order chi connectivity index (χ0) is 30.9. The fraction of sp³-hybridized carbons (Fsp3) is 0.0233. The van der Waals surface area contributed by atoms with Crippen molar-refractivity contribution in [3.05, 3.63) is 168 Å². The molecule has 1 atom stereocenters. The highest BCUT2D eigenvalue weighted by atomic mass is 32.1. The Bertz CT molecular complexity index is 2580. The minimum Gasteiger partial charge on any atom is -0.344 e. The molecular weight excluding hydrogens is 591 g/mol. The van der Waals surface area contributed by atoms with Crippen molar-refractivity contribution in [2.75, 3.05) is 0 Å². The maximum absolute atomic E-state index is 5.08. The summed E-state index contributed by atoms with van der Waals surface area (Å²) < 4.78 is 2.65. The van der Waals surface area contributed by atoms with E-state index in [4.69, 9.17) is 9.98 Å². The maximum atomic E-state index is 5.08. The summed E-state index contributed by atoms with van der Waals surface area (Å²) in [6.45, 7) is 0. The third-order valence-electron chi connectivity index (χ3n) is 9.49. The van der Waals surface area contributed by atoms with E-state index in [1.165, 1.54) is 64.3 Å². The van der Waals surface area contributed by atoms with Crippen LogP contribution in [-0.2, 0) is 0 Å². The van der Waals surface area contributed by atoms with Crippen molar-refractivity contribution in [1.29, 1.82) is 0 Å². The van der Waals surface area contributed by atoms with Gasteiger partial charge in [0.2, 0.25) is 0 Å². The zero-order valence-corrected chi connectivity index (χ0v) is 26.1. The average molecular weight is 618 g/mol. The van der Waals surface area contributed by atoms with Crippen molar-refractivity contribution in [2.45, 2.75) is 6.17 Å². The van der Waals surface area contributed by atoms with E-state index in [9.17, 15) is 0 Å². The molecular formula is C43H27N3S. The van der Waals surface area contributed by atoms with Gasteiger partial charge in [-0.3, -0.25) is 0 Å². The summed E-state index contributed by atoms with van der Waals surface area (Å²) in [6, 6.07) is 54.2. The first-order chi connectivity index (χ1) is 23.3. The van der Waals surface area contributed by atoms with Crippen LogP contribution in [0.1, 0.15) is 22.9 Å². The Morgan fingerprint density at radius 3 is 1.91 bits per heavy atom. The van der Waals surface area contributed by atoms with E-state index < -0.39 is 0 Å². The molecule has 0 bridgehead atoms. The maximum Gasteiger partial charge on any atom is 0.159 e. The van der Waals surface area contributed by atoms with Crippen LogP contribution in [0.2, 0.25) is 0 Å². The predicted octanol–water partition coefficient (Wildman–Crippen LogP) is 11.0. The molecule has 1 N–H and O–H groups in total. The number of thiophene rings is 1. The molecule has 0 saturated heterocycles. The third-order valence-corrected chi connectivity index (χ3v) is 10.6. The zero-order valence-electron chi connectivity index (χ0n) is 25.3. The molecule has 10 rings (SSSR count).